The van der Waals surface area contributed by atoms with Crippen molar-refractivity contribution in [3.05, 3.63) is 60.2 Å². The smallest absolute Gasteiger partial charge is 0.266 e. The Hall–Kier alpha value is -2.38. The van der Waals surface area contributed by atoms with Gasteiger partial charge in [-0.1, -0.05) is 24.3 Å². The van der Waals surface area contributed by atoms with Crippen LogP contribution in [0.15, 0.2) is 59.5 Å². The molecule has 7 heteroatoms. The molecule has 2 aromatic carbocycles. The third-order valence-electron chi connectivity index (χ3n) is 2.82. The number of hydrogen-bond donors (Lipinski definition) is 2. The van der Waals surface area contributed by atoms with Gasteiger partial charge in [-0.05, 0) is 44.2 Å². The van der Waals surface area contributed by atoms with Crippen LogP contribution in [-0.4, -0.2) is 20.4 Å². The van der Waals surface area contributed by atoms with Gasteiger partial charge in [-0.3, -0.25) is 10.2 Å². The summed E-state index contributed by atoms with van der Waals surface area (Å²) in [5.74, 6) is -0.0303. The van der Waals surface area contributed by atoms with Crippen LogP contribution >= 0.6 is 0 Å². The molecule has 0 aliphatic heterocycles. The average molecular weight is 334 g/mol. The maximum Gasteiger partial charge on any atom is 0.266 e. The van der Waals surface area contributed by atoms with E-state index in [9.17, 15) is 13.2 Å². The second-order valence-electron chi connectivity index (χ2n) is 5.07. The van der Waals surface area contributed by atoms with Crippen LogP contribution in [0.2, 0.25) is 0 Å². The van der Waals surface area contributed by atoms with Crippen LogP contribution in [0, 0.1) is 0 Å². The largest absolute Gasteiger partial charge is 0.491 e. The highest BCUT2D eigenvalue weighted by atomic mass is 32.2. The first-order valence-corrected chi connectivity index (χ1v) is 8.51. The molecule has 0 aromatic heterocycles. The molecule has 0 spiro atoms. The Morgan fingerprint density at radius 2 is 1.74 bits per heavy atom. The quantitative estimate of drug-likeness (QED) is 0.792. The highest BCUT2D eigenvalue weighted by Gasteiger charge is 2.15. The van der Waals surface area contributed by atoms with E-state index in [1.807, 2.05) is 13.8 Å². The molecule has 0 atom stereocenters. The van der Waals surface area contributed by atoms with Crippen molar-refractivity contribution in [2.75, 3.05) is 0 Å². The number of sulfonamides is 1. The number of nitrogens with one attached hydrogen (secondary N) is 2. The van der Waals surface area contributed by atoms with Crippen molar-refractivity contribution in [1.82, 2.24) is 10.3 Å². The van der Waals surface area contributed by atoms with Crippen molar-refractivity contribution in [2.24, 2.45) is 0 Å². The molecule has 122 valence electrons. The van der Waals surface area contributed by atoms with Crippen LogP contribution < -0.4 is 15.0 Å². The van der Waals surface area contributed by atoms with E-state index in [0.29, 0.717) is 11.3 Å². The molecule has 0 unspecified atom stereocenters. The van der Waals surface area contributed by atoms with Gasteiger partial charge in [0.15, 0.2) is 0 Å². The number of hydrogen-bond acceptors (Lipinski definition) is 4. The number of hydrazine groups is 1. The fourth-order valence-electron chi connectivity index (χ4n) is 1.83. The third kappa shape index (κ3) is 4.80. The minimum atomic E-state index is -3.81. The highest BCUT2D eigenvalue weighted by Crippen LogP contribution is 2.15. The molecule has 2 aromatic rings. The van der Waals surface area contributed by atoms with Gasteiger partial charge in [-0.2, -0.15) is 0 Å². The van der Waals surface area contributed by atoms with E-state index in [-0.39, 0.29) is 11.0 Å². The summed E-state index contributed by atoms with van der Waals surface area (Å²) in [4.78, 5) is 14.2. The van der Waals surface area contributed by atoms with Crippen molar-refractivity contribution < 1.29 is 17.9 Å². The summed E-state index contributed by atoms with van der Waals surface area (Å²) in [5, 5.41) is 0. The van der Waals surface area contributed by atoms with Crippen molar-refractivity contribution >= 4 is 15.9 Å². The Labute approximate surface area is 135 Å². The lowest BCUT2D eigenvalue weighted by atomic mass is 10.2. The molecule has 2 rings (SSSR count). The number of rotatable bonds is 6. The lowest BCUT2D eigenvalue weighted by Gasteiger charge is -2.11. The molecule has 0 aliphatic rings. The molecule has 23 heavy (non-hydrogen) atoms. The van der Waals surface area contributed by atoms with E-state index in [0.717, 1.165) is 0 Å². The molecule has 0 heterocycles. The lowest BCUT2D eigenvalue weighted by molar-refractivity contribution is 0.0944. The zero-order valence-corrected chi connectivity index (χ0v) is 13.6. The maximum atomic E-state index is 12.1. The van der Waals surface area contributed by atoms with Gasteiger partial charge in [0.25, 0.3) is 15.9 Å². The van der Waals surface area contributed by atoms with Gasteiger partial charge >= 0.3 is 0 Å². The minimum Gasteiger partial charge on any atom is -0.491 e. The van der Waals surface area contributed by atoms with E-state index in [1.165, 1.54) is 12.1 Å². The van der Waals surface area contributed by atoms with E-state index in [2.05, 4.69) is 10.3 Å². The predicted molar refractivity (Wildman–Crippen MR) is 86.4 cm³/mol. The molecular weight excluding hydrogens is 316 g/mol. The number of ether oxygens (including phenoxy) is 1. The molecule has 1 amide bonds. The first kappa shape index (κ1) is 17.0. The molecule has 0 saturated heterocycles. The first-order chi connectivity index (χ1) is 10.9. The predicted octanol–water partition coefficient (Wildman–Crippen LogP) is 2.10. The van der Waals surface area contributed by atoms with Crippen molar-refractivity contribution in [1.29, 1.82) is 0 Å². The van der Waals surface area contributed by atoms with Crippen LogP contribution in [0.3, 0.4) is 0 Å². The van der Waals surface area contributed by atoms with Gasteiger partial charge in [0.1, 0.15) is 5.75 Å². The topological polar surface area (TPSA) is 84.5 Å². The van der Waals surface area contributed by atoms with Crippen LogP contribution in [-0.2, 0) is 10.0 Å². The summed E-state index contributed by atoms with van der Waals surface area (Å²) < 4.78 is 29.6. The van der Waals surface area contributed by atoms with E-state index < -0.39 is 15.9 Å². The van der Waals surface area contributed by atoms with Gasteiger partial charge in [0.05, 0.1) is 11.0 Å². The minimum absolute atomic E-state index is 0.0232. The summed E-state index contributed by atoms with van der Waals surface area (Å²) in [6, 6.07) is 14.3. The Morgan fingerprint density at radius 1 is 1.04 bits per heavy atom. The summed E-state index contributed by atoms with van der Waals surface area (Å²) in [6.45, 7) is 3.75. The summed E-state index contributed by atoms with van der Waals surface area (Å²) in [6.07, 6.45) is -0.0232. The van der Waals surface area contributed by atoms with Crippen LogP contribution in [0.4, 0.5) is 0 Å². The van der Waals surface area contributed by atoms with E-state index >= 15 is 0 Å². The standard InChI is InChI=1S/C16H18N2O4S/c1-12(2)22-14-8-6-7-13(11-14)16(19)17-18-23(20,21)15-9-4-3-5-10-15/h3-12,18H,1-2H3,(H,17,19). The van der Waals surface area contributed by atoms with Gasteiger partial charge in [-0.15, -0.1) is 4.83 Å². The number of benzene rings is 2. The molecule has 0 saturated carbocycles. The van der Waals surface area contributed by atoms with Crippen molar-refractivity contribution in [3.63, 3.8) is 0 Å². The number of carbonyl (C=O) groups is 1. The van der Waals surface area contributed by atoms with E-state index in [1.54, 1.807) is 42.5 Å². The van der Waals surface area contributed by atoms with Gasteiger partial charge < -0.3 is 4.74 Å². The SMILES string of the molecule is CC(C)Oc1cccc(C(=O)NNS(=O)(=O)c2ccccc2)c1. The molecular formula is C16H18N2O4S. The fourth-order valence-corrected chi connectivity index (χ4v) is 2.69. The summed E-state index contributed by atoms with van der Waals surface area (Å²) in [7, 11) is -3.81. The Balaban J connectivity index is 2.05. The molecule has 0 bridgehead atoms. The zero-order valence-electron chi connectivity index (χ0n) is 12.8. The van der Waals surface area contributed by atoms with Crippen LogP contribution in [0.25, 0.3) is 0 Å². The number of amides is 1. The summed E-state index contributed by atoms with van der Waals surface area (Å²) >= 11 is 0. The Bertz CT molecular complexity index is 774. The van der Waals surface area contributed by atoms with Gasteiger partial charge in [0.2, 0.25) is 0 Å². The van der Waals surface area contributed by atoms with Crippen LogP contribution in [0.1, 0.15) is 24.2 Å². The normalized spacial score (nSPS) is 11.3. The highest BCUT2D eigenvalue weighted by molar-refractivity contribution is 7.89. The van der Waals surface area contributed by atoms with Gasteiger partial charge in [-0.25, -0.2) is 8.42 Å². The average Bonchev–Trinajstić information content (AvgIpc) is 2.53. The van der Waals surface area contributed by atoms with Crippen molar-refractivity contribution in [2.45, 2.75) is 24.8 Å². The molecule has 6 nitrogen and oxygen atoms in total. The van der Waals surface area contributed by atoms with E-state index in [4.69, 9.17) is 4.74 Å². The lowest BCUT2D eigenvalue weighted by Crippen LogP contribution is -2.41. The molecule has 0 aliphatic carbocycles. The first-order valence-electron chi connectivity index (χ1n) is 7.02. The monoisotopic (exact) mass is 334 g/mol. The van der Waals surface area contributed by atoms with Crippen LogP contribution in [0.5, 0.6) is 5.75 Å². The second-order valence-corrected chi connectivity index (χ2v) is 6.75. The Morgan fingerprint density at radius 3 is 2.39 bits per heavy atom. The van der Waals surface area contributed by atoms with Crippen molar-refractivity contribution in [3.8, 4) is 5.75 Å². The molecule has 0 fully saturated rings. The molecule has 0 radical (unpaired) electrons. The number of carbonyl (C=O) groups excluding carboxylic acids is 1. The Kier molecular flexibility index (Phi) is 5.36. The zero-order chi connectivity index (χ0) is 16.9. The third-order valence-corrected chi connectivity index (χ3v) is 4.08. The second kappa shape index (κ2) is 7.26. The maximum absolute atomic E-state index is 12.1. The fraction of sp³-hybridized carbons (Fsp3) is 0.188. The summed E-state index contributed by atoms with van der Waals surface area (Å²) in [5.41, 5.74) is 2.48. The molecule has 2 N–H and O–H groups in total. The van der Waals surface area contributed by atoms with Gasteiger partial charge in [0, 0.05) is 5.56 Å².